The third-order valence-electron chi connectivity index (χ3n) is 3.32. The van der Waals surface area contributed by atoms with Gasteiger partial charge in [-0.25, -0.2) is 8.42 Å². The van der Waals surface area contributed by atoms with Gasteiger partial charge in [-0.3, -0.25) is 0 Å². The zero-order valence-corrected chi connectivity index (χ0v) is 12.0. The number of ether oxygens (including phenoxy) is 1. The maximum absolute atomic E-state index is 11.4. The summed E-state index contributed by atoms with van der Waals surface area (Å²) in [7, 11) is -2.96. The van der Waals surface area contributed by atoms with Crippen LogP contribution in [0.25, 0.3) is 0 Å². The minimum absolute atomic E-state index is 0.0881. The predicted octanol–water partition coefficient (Wildman–Crippen LogP) is 1.13. The van der Waals surface area contributed by atoms with Crippen molar-refractivity contribution >= 4 is 15.5 Å². The van der Waals surface area contributed by atoms with E-state index in [2.05, 4.69) is 10.1 Å². The molecule has 1 atom stereocenters. The Bertz CT molecular complexity index is 724. The molecule has 0 aliphatic carbocycles. The van der Waals surface area contributed by atoms with Crippen LogP contribution in [-0.4, -0.2) is 30.1 Å². The molecule has 1 aromatic heterocycles. The summed E-state index contributed by atoms with van der Waals surface area (Å²) in [6.45, 7) is 0.135. The molecule has 1 aromatic carbocycles. The lowest BCUT2D eigenvalue weighted by Crippen LogP contribution is -2.05. The van der Waals surface area contributed by atoms with Crippen molar-refractivity contribution in [1.82, 2.24) is 10.1 Å². The number of rotatable bonds is 4. The highest BCUT2D eigenvalue weighted by Gasteiger charge is 2.32. The molecule has 1 saturated heterocycles. The summed E-state index contributed by atoms with van der Waals surface area (Å²) in [4.78, 5) is 4.20. The minimum atomic E-state index is -2.96. The van der Waals surface area contributed by atoms with Crippen molar-refractivity contribution < 1.29 is 17.7 Å². The third kappa shape index (κ3) is 3.33. The SMILES string of the molecule is Nc1ccc(OCc2nc(C3CCS(=O)(=O)C3)no2)cc1. The molecule has 2 heterocycles. The van der Waals surface area contributed by atoms with Crippen LogP contribution in [0.15, 0.2) is 28.8 Å². The van der Waals surface area contributed by atoms with Crippen LogP contribution in [0.3, 0.4) is 0 Å². The fourth-order valence-corrected chi connectivity index (χ4v) is 3.94. The summed E-state index contributed by atoms with van der Waals surface area (Å²) < 4.78 is 33.5. The number of benzene rings is 1. The van der Waals surface area contributed by atoms with Gasteiger partial charge in [0, 0.05) is 11.6 Å². The van der Waals surface area contributed by atoms with Crippen LogP contribution in [0.1, 0.15) is 24.1 Å². The highest BCUT2D eigenvalue weighted by Crippen LogP contribution is 2.26. The molecule has 1 aliphatic heterocycles. The van der Waals surface area contributed by atoms with Crippen LogP contribution in [0.5, 0.6) is 5.75 Å². The first-order valence-electron chi connectivity index (χ1n) is 6.53. The Labute approximate surface area is 122 Å². The van der Waals surface area contributed by atoms with Gasteiger partial charge in [0.1, 0.15) is 5.75 Å². The Morgan fingerprint density at radius 1 is 1.33 bits per heavy atom. The second-order valence-electron chi connectivity index (χ2n) is 5.00. The molecule has 1 aliphatic rings. The van der Waals surface area contributed by atoms with Gasteiger partial charge < -0.3 is 15.0 Å². The molecule has 0 bridgehead atoms. The van der Waals surface area contributed by atoms with E-state index in [0.717, 1.165) is 0 Å². The van der Waals surface area contributed by atoms with Crippen molar-refractivity contribution in [2.24, 2.45) is 0 Å². The van der Waals surface area contributed by atoms with Crippen LogP contribution in [0, 0.1) is 0 Å². The Balaban J connectivity index is 1.62. The summed E-state index contributed by atoms with van der Waals surface area (Å²) in [6.07, 6.45) is 0.542. The van der Waals surface area contributed by atoms with E-state index in [4.69, 9.17) is 15.0 Å². The van der Waals surface area contributed by atoms with E-state index in [9.17, 15) is 8.42 Å². The lowest BCUT2D eigenvalue weighted by Gasteiger charge is -2.02. The minimum Gasteiger partial charge on any atom is -0.484 e. The van der Waals surface area contributed by atoms with E-state index in [0.29, 0.717) is 29.6 Å². The summed E-state index contributed by atoms with van der Waals surface area (Å²) >= 11 is 0. The number of anilines is 1. The highest BCUT2D eigenvalue weighted by molar-refractivity contribution is 7.91. The lowest BCUT2D eigenvalue weighted by molar-refractivity contribution is 0.242. The van der Waals surface area contributed by atoms with Gasteiger partial charge in [-0.05, 0) is 30.7 Å². The van der Waals surface area contributed by atoms with Gasteiger partial charge in [-0.1, -0.05) is 5.16 Å². The molecule has 21 heavy (non-hydrogen) atoms. The Morgan fingerprint density at radius 3 is 2.76 bits per heavy atom. The van der Waals surface area contributed by atoms with E-state index < -0.39 is 9.84 Å². The van der Waals surface area contributed by atoms with Crippen molar-refractivity contribution in [3.05, 3.63) is 36.0 Å². The van der Waals surface area contributed by atoms with Crippen molar-refractivity contribution in [2.75, 3.05) is 17.2 Å². The fourth-order valence-electron chi connectivity index (χ4n) is 2.20. The average Bonchev–Trinajstić information content (AvgIpc) is 3.04. The molecule has 1 unspecified atom stereocenters. The van der Waals surface area contributed by atoms with Crippen molar-refractivity contribution in [2.45, 2.75) is 18.9 Å². The van der Waals surface area contributed by atoms with Gasteiger partial charge in [0.25, 0.3) is 5.89 Å². The monoisotopic (exact) mass is 309 g/mol. The normalized spacial score (nSPS) is 20.5. The molecule has 0 radical (unpaired) electrons. The topological polar surface area (TPSA) is 108 Å². The first-order chi connectivity index (χ1) is 10.0. The molecule has 3 rings (SSSR count). The quantitative estimate of drug-likeness (QED) is 0.843. The van der Waals surface area contributed by atoms with E-state index in [-0.39, 0.29) is 24.0 Å². The molecular weight excluding hydrogens is 294 g/mol. The number of nitrogens with two attached hydrogens (primary N) is 1. The van der Waals surface area contributed by atoms with Crippen LogP contribution >= 0.6 is 0 Å². The molecular formula is C13H15N3O4S. The Hall–Kier alpha value is -2.09. The Kier molecular flexibility index (Phi) is 3.54. The number of sulfone groups is 1. The zero-order chi connectivity index (χ0) is 14.9. The standard InChI is InChI=1S/C13H15N3O4S/c14-10-1-3-11(4-2-10)19-7-12-15-13(16-20-12)9-5-6-21(17,18)8-9/h1-4,9H,5-8,14H2. The van der Waals surface area contributed by atoms with Crippen LogP contribution in [-0.2, 0) is 16.4 Å². The van der Waals surface area contributed by atoms with Gasteiger partial charge in [0.15, 0.2) is 22.3 Å². The molecule has 2 aromatic rings. The van der Waals surface area contributed by atoms with Crippen LogP contribution in [0.4, 0.5) is 5.69 Å². The fraction of sp³-hybridized carbons (Fsp3) is 0.385. The molecule has 8 heteroatoms. The maximum Gasteiger partial charge on any atom is 0.264 e. The second kappa shape index (κ2) is 5.36. The van der Waals surface area contributed by atoms with E-state index in [1.54, 1.807) is 24.3 Å². The number of hydrogen-bond acceptors (Lipinski definition) is 7. The Morgan fingerprint density at radius 2 is 2.10 bits per heavy atom. The molecule has 0 saturated carbocycles. The van der Waals surface area contributed by atoms with Crippen LogP contribution < -0.4 is 10.5 Å². The summed E-state index contributed by atoms with van der Waals surface area (Å²) in [5.74, 6) is 1.50. The summed E-state index contributed by atoms with van der Waals surface area (Å²) in [6, 6.07) is 6.96. The van der Waals surface area contributed by atoms with E-state index in [1.807, 2.05) is 0 Å². The van der Waals surface area contributed by atoms with Crippen molar-refractivity contribution in [3.63, 3.8) is 0 Å². The molecule has 0 spiro atoms. The van der Waals surface area contributed by atoms with Gasteiger partial charge >= 0.3 is 0 Å². The van der Waals surface area contributed by atoms with Gasteiger partial charge in [0.05, 0.1) is 11.5 Å². The molecule has 0 amide bonds. The van der Waals surface area contributed by atoms with Gasteiger partial charge in [-0.2, -0.15) is 4.98 Å². The molecule has 7 nitrogen and oxygen atoms in total. The number of nitrogen functional groups attached to an aromatic ring is 1. The second-order valence-corrected chi connectivity index (χ2v) is 7.23. The molecule has 2 N–H and O–H groups in total. The average molecular weight is 309 g/mol. The highest BCUT2D eigenvalue weighted by atomic mass is 32.2. The predicted molar refractivity (Wildman–Crippen MR) is 75.5 cm³/mol. The lowest BCUT2D eigenvalue weighted by atomic mass is 10.1. The zero-order valence-electron chi connectivity index (χ0n) is 11.2. The van der Waals surface area contributed by atoms with Gasteiger partial charge in [0.2, 0.25) is 0 Å². The molecule has 112 valence electrons. The number of hydrogen-bond donors (Lipinski definition) is 1. The van der Waals surface area contributed by atoms with Crippen molar-refractivity contribution in [1.29, 1.82) is 0 Å². The van der Waals surface area contributed by atoms with E-state index in [1.165, 1.54) is 0 Å². The first-order valence-corrected chi connectivity index (χ1v) is 8.35. The largest absolute Gasteiger partial charge is 0.484 e. The molecule has 1 fully saturated rings. The number of aromatic nitrogens is 2. The maximum atomic E-state index is 11.4. The first kappa shape index (κ1) is 13.9. The van der Waals surface area contributed by atoms with Gasteiger partial charge in [-0.15, -0.1) is 0 Å². The van der Waals surface area contributed by atoms with E-state index >= 15 is 0 Å². The number of nitrogens with zero attached hydrogens (tertiary/aromatic N) is 2. The van der Waals surface area contributed by atoms with Crippen molar-refractivity contribution in [3.8, 4) is 5.75 Å². The smallest absolute Gasteiger partial charge is 0.264 e. The van der Waals surface area contributed by atoms with Crippen LogP contribution in [0.2, 0.25) is 0 Å². The summed E-state index contributed by atoms with van der Waals surface area (Å²) in [5, 5.41) is 3.84. The third-order valence-corrected chi connectivity index (χ3v) is 5.09. The summed E-state index contributed by atoms with van der Waals surface area (Å²) in [5.41, 5.74) is 6.24.